The predicted octanol–water partition coefficient (Wildman–Crippen LogP) is 2.23. The fourth-order valence-electron chi connectivity index (χ4n) is 3.23. The first-order chi connectivity index (χ1) is 11.0. The van der Waals surface area contributed by atoms with Gasteiger partial charge in [0.15, 0.2) is 0 Å². The van der Waals surface area contributed by atoms with Gasteiger partial charge in [-0.1, -0.05) is 0 Å². The van der Waals surface area contributed by atoms with Gasteiger partial charge in [0.1, 0.15) is 6.17 Å². The molecule has 23 heavy (non-hydrogen) atoms. The lowest BCUT2D eigenvalue weighted by atomic mass is 10.2. The molecule has 0 spiro atoms. The molecule has 0 bridgehead atoms. The molecule has 0 radical (unpaired) electrons. The summed E-state index contributed by atoms with van der Waals surface area (Å²) in [7, 11) is 4.09. The van der Waals surface area contributed by atoms with Gasteiger partial charge in [0.2, 0.25) is 0 Å². The van der Waals surface area contributed by atoms with E-state index in [4.69, 9.17) is 0 Å². The highest BCUT2D eigenvalue weighted by Crippen LogP contribution is 2.24. The van der Waals surface area contributed by atoms with Crippen molar-refractivity contribution in [1.82, 2.24) is 24.3 Å². The van der Waals surface area contributed by atoms with E-state index in [9.17, 15) is 4.39 Å². The summed E-state index contributed by atoms with van der Waals surface area (Å²) >= 11 is 1.66. The summed E-state index contributed by atoms with van der Waals surface area (Å²) in [5.74, 6) is 0. The summed E-state index contributed by atoms with van der Waals surface area (Å²) in [6.07, 6.45) is 3.58. The van der Waals surface area contributed by atoms with E-state index in [0.29, 0.717) is 13.0 Å². The highest BCUT2D eigenvalue weighted by molar-refractivity contribution is 7.09. The number of nitrogens with zero attached hydrogens (tertiary/aromatic N) is 5. The van der Waals surface area contributed by atoms with E-state index >= 15 is 0 Å². The number of hydrogen-bond acceptors (Lipinski definition) is 5. The Morgan fingerprint density at radius 3 is 2.96 bits per heavy atom. The minimum atomic E-state index is -0.732. The summed E-state index contributed by atoms with van der Waals surface area (Å²) < 4.78 is 16.0. The van der Waals surface area contributed by atoms with Crippen molar-refractivity contribution in [1.29, 1.82) is 0 Å². The van der Waals surface area contributed by atoms with E-state index in [-0.39, 0.29) is 6.04 Å². The Balaban J connectivity index is 1.59. The maximum absolute atomic E-state index is 13.9. The zero-order chi connectivity index (χ0) is 16.4. The van der Waals surface area contributed by atoms with Crippen molar-refractivity contribution in [3.63, 3.8) is 0 Å². The molecule has 7 heteroatoms. The third-order valence-electron chi connectivity index (χ3n) is 4.38. The van der Waals surface area contributed by atoms with Crippen molar-refractivity contribution in [2.45, 2.75) is 38.6 Å². The lowest BCUT2D eigenvalue weighted by Crippen LogP contribution is -2.38. The van der Waals surface area contributed by atoms with Crippen LogP contribution in [0.15, 0.2) is 17.9 Å². The highest BCUT2D eigenvalue weighted by Gasteiger charge is 2.33. The van der Waals surface area contributed by atoms with Crippen LogP contribution in [0, 0.1) is 6.92 Å². The number of alkyl halides is 1. The Morgan fingerprint density at radius 1 is 1.48 bits per heavy atom. The second-order valence-corrected chi connectivity index (χ2v) is 7.53. The van der Waals surface area contributed by atoms with Crippen LogP contribution in [-0.4, -0.2) is 56.7 Å². The van der Waals surface area contributed by atoms with E-state index in [1.165, 1.54) is 5.69 Å². The van der Waals surface area contributed by atoms with Crippen molar-refractivity contribution < 1.29 is 4.39 Å². The molecule has 0 aliphatic carbocycles. The summed E-state index contributed by atoms with van der Waals surface area (Å²) in [5.41, 5.74) is 2.23. The molecule has 1 fully saturated rings. The highest BCUT2D eigenvalue weighted by atomic mass is 32.1. The molecule has 5 nitrogen and oxygen atoms in total. The Labute approximate surface area is 140 Å². The van der Waals surface area contributed by atoms with Crippen LogP contribution in [-0.2, 0) is 20.1 Å². The van der Waals surface area contributed by atoms with Crippen LogP contribution in [0.4, 0.5) is 4.39 Å². The van der Waals surface area contributed by atoms with Crippen molar-refractivity contribution in [3.05, 3.63) is 34.3 Å². The lowest BCUT2D eigenvalue weighted by Gasteiger charge is -2.27. The van der Waals surface area contributed by atoms with E-state index < -0.39 is 6.17 Å². The molecule has 0 aromatic carbocycles. The van der Waals surface area contributed by atoms with Crippen LogP contribution in [0.5, 0.6) is 0 Å². The first-order valence-electron chi connectivity index (χ1n) is 7.94. The average molecular weight is 337 g/mol. The van der Waals surface area contributed by atoms with Crippen molar-refractivity contribution in [2.75, 3.05) is 20.1 Å². The molecule has 3 heterocycles. The molecule has 0 unspecified atom stereocenters. The average Bonchev–Trinajstić information content (AvgIpc) is 3.15. The fraction of sp³-hybridized carbons (Fsp3) is 0.625. The van der Waals surface area contributed by atoms with Crippen molar-refractivity contribution >= 4 is 11.3 Å². The number of aromatic nitrogens is 3. The summed E-state index contributed by atoms with van der Waals surface area (Å²) in [4.78, 5) is 13.1. The Hall–Kier alpha value is -1.31. The molecular formula is C16H24FN5S. The van der Waals surface area contributed by atoms with Gasteiger partial charge in [0.05, 0.1) is 22.7 Å². The molecule has 126 valence electrons. The molecule has 0 saturated carbocycles. The number of hydrogen-bond donors (Lipinski definition) is 0. The van der Waals surface area contributed by atoms with Crippen molar-refractivity contribution in [2.24, 2.45) is 7.05 Å². The standard InChI is InChI=1S/C16H24FN5S/c1-12-19-14(10-23-12)7-22-6-13(17)4-15(22)8-20(2)9-16-5-18-11-21(16)3/h5,10-11,13,15H,4,6-9H2,1-3H3/t13-,15-/m0/s1. The number of aryl methyl sites for hydroxylation is 2. The monoisotopic (exact) mass is 337 g/mol. The number of likely N-dealkylation sites (N-methyl/N-ethyl adjacent to an activating group) is 1. The van der Waals surface area contributed by atoms with Crippen LogP contribution in [0.2, 0.25) is 0 Å². The topological polar surface area (TPSA) is 37.2 Å². The van der Waals surface area contributed by atoms with E-state index in [0.717, 1.165) is 30.3 Å². The molecule has 2 atom stereocenters. The Kier molecular flexibility index (Phi) is 5.08. The zero-order valence-electron chi connectivity index (χ0n) is 13.9. The van der Waals surface area contributed by atoms with Gasteiger partial charge in [0.25, 0.3) is 0 Å². The van der Waals surface area contributed by atoms with Crippen LogP contribution in [0.25, 0.3) is 0 Å². The fourth-order valence-corrected chi connectivity index (χ4v) is 3.84. The molecule has 3 rings (SSSR count). The smallest absolute Gasteiger partial charge is 0.114 e. The number of thiazole rings is 1. The first-order valence-corrected chi connectivity index (χ1v) is 8.82. The van der Waals surface area contributed by atoms with E-state index in [1.807, 2.05) is 31.1 Å². The van der Waals surface area contributed by atoms with Crippen LogP contribution >= 0.6 is 11.3 Å². The Bertz CT molecular complexity index is 640. The lowest BCUT2D eigenvalue weighted by molar-refractivity contribution is 0.178. The van der Waals surface area contributed by atoms with Crippen LogP contribution in [0.3, 0.4) is 0 Å². The quantitative estimate of drug-likeness (QED) is 0.810. The van der Waals surface area contributed by atoms with Gasteiger partial charge < -0.3 is 4.57 Å². The van der Waals surface area contributed by atoms with Gasteiger partial charge in [-0.3, -0.25) is 9.80 Å². The van der Waals surface area contributed by atoms with Crippen LogP contribution < -0.4 is 0 Å². The van der Waals surface area contributed by atoms with Gasteiger partial charge in [0, 0.05) is 50.8 Å². The van der Waals surface area contributed by atoms with Gasteiger partial charge in [-0.05, 0) is 20.4 Å². The number of likely N-dealkylation sites (tertiary alicyclic amines) is 1. The Morgan fingerprint density at radius 2 is 2.30 bits per heavy atom. The summed E-state index contributed by atoms with van der Waals surface area (Å²) in [6.45, 7) is 4.95. The van der Waals surface area contributed by atoms with Gasteiger partial charge in [-0.15, -0.1) is 11.3 Å². The largest absolute Gasteiger partial charge is 0.337 e. The molecule has 1 aliphatic heterocycles. The van der Waals surface area contributed by atoms with E-state index in [2.05, 4.69) is 32.2 Å². The molecule has 2 aromatic heterocycles. The number of halogens is 1. The molecule has 0 N–H and O–H groups in total. The summed E-state index contributed by atoms with van der Waals surface area (Å²) in [6, 6.07) is 0.241. The normalized spacial score (nSPS) is 22.3. The van der Waals surface area contributed by atoms with Gasteiger partial charge >= 0.3 is 0 Å². The molecule has 1 aliphatic rings. The third-order valence-corrected chi connectivity index (χ3v) is 5.20. The minimum absolute atomic E-state index is 0.241. The van der Waals surface area contributed by atoms with Gasteiger partial charge in [-0.2, -0.15) is 0 Å². The second-order valence-electron chi connectivity index (χ2n) is 6.47. The minimum Gasteiger partial charge on any atom is -0.337 e. The maximum atomic E-state index is 13.9. The van der Waals surface area contributed by atoms with Crippen LogP contribution in [0.1, 0.15) is 22.8 Å². The zero-order valence-corrected chi connectivity index (χ0v) is 14.8. The third kappa shape index (κ3) is 4.16. The maximum Gasteiger partial charge on any atom is 0.114 e. The second kappa shape index (κ2) is 7.07. The van der Waals surface area contributed by atoms with Crippen molar-refractivity contribution in [3.8, 4) is 0 Å². The van der Waals surface area contributed by atoms with Gasteiger partial charge in [-0.25, -0.2) is 14.4 Å². The molecular weight excluding hydrogens is 313 g/mol. The first kappa shape index (κ1) is 16.5. The predicted molar refractivity (Wildman–Crippen MR) is 90.1 cm³/mol. The SMILES string of the molecule is Cc1nc(CN2C[C@@H](F)C[C@H]2CN(C)Cc2cncn2C)cs1. The number of rotatable bonds is 6. The molecule has 0 amide bonds. The van der Waals surface area contributed by atoms with E-state index in [1.54, 1.807) is 11.3 Å². The molecule has 2 aromatic rings. The molecule has 1 saturated heterocycles. The summed E-state index contributed by atoms with van der Waals surface area (Å²) in [5, 5.41) is 3.15. The number of imidazole rings is 1.